The monoisotopic (exact) mass is 503 g/mol. The number of pyridine rings is 2. The van der Waals surface area contributed by atoms with Crippen LogP contribution in [0.25, 0.3) is 10.9 Å². The number of fused-ring (bicyclic) bond motifs is 1. The minimum absolute atomic E-state index is 0.0800. The van der Waals surface area contributed by atoms with Gasteiger partial charge in [-0.15, -0.1) is 11.8 Å². The summed E-state index contributed by atoms with van der Waals surface area (Å²) in [7, 11) is 1.58. The number of methoxy groups -OCH3 is 1. The van der Waals surface area contributed by atoms with Crippen molar-refractivity contribution in [3.05, 3.63) is 59.5 Å². The molecule has 0 saturated carbocycles. The highest BCUT2D eigenvalue weighted by Crippen LogP contribution is 2.42. The van der Waals surface area contributed by atoms with Crippen LogP contribution in [0.2, 0.25) is 5.02 Å². The molecule has 0 aliphatic carbocycles. The molecule has 2 aromatic heterocycles. The molecule has 0 bridgehead atoms. The highest BCUT2D eigenvalue weighted by Gasteiger charge is 2.35. The molecule has 0 radical (unpaired) electrons. The van der Waals surface area contributed by atoms with Crippen LogP contribution in [-0.4, -0.2) is 59.1 Å². The molecule has 0 amide bonds. The van der Waals surface area contributed by atoms with Crippen molar-refractivity contribution in [2.24, 2.45) is 5.41 Å². The SMILES string of the molecule is COc1ccc2ncc(Cl)c([C@@H](F)CCC3(CO)CCN(CCSc4cccnc4)CC3)c2c1. The first kappa shape index (κ1) is 25.2. The van der Waals surface area contributed by atoms with Crippen molar-refractivity contribution in [2.45, 2.75) is 36.8 Å². The molecule has 0 unspecified atom stereocenters. The predicted molar refractivity (Wildman–Crippen MR) is 137 cm³/mol. The lowest BCUT2D eigenvalue weighted by Gasteiger charge is -2.41. The number of aromatic nitrogens is 2. The first-order valence-electron chi connectivity index (χ1n) is 11.7. The number of aliphatic hydroxyl groups is 1. The average molecular weight is 504 g/mol. The molecule has 1 aliphatic heterocycles. The standard InChI is InChI=1S/C26H31ClFN3O2S/c1-33-19-4-5-24-21(15-19)25(22(27)17-30-24)23(28)6-7-26(18-32)8-11-31(12-9-26)13-14-34-20-3-2-10-29-16-20/h2-5,10,15-17,23,32H,6-9,11-14,18H2,1H3/t23-/m0/s1. The Morgan fingerprint density at radius 1 is 1.26 bits per heavy atom. The molecule has 1 aliphatic rings. The van der Waals surface area contributed by atoms with Crippen LogP contribution in [-0.2, 0) is 0 Å². The summed E-state index contributed by atoms with van der Waals surface area (Å²) in [6.45, 7) is 2.91. The van der Waals surface area contributed by atoms with E-state index in [1.54, 1.807) is 31.1 Å². The molecule has 8 heteroatoms. The van der Waals surface area contributed by atoms with Gasteiger partial charge in [0.05, 0.1) is 17.6 Å². The molecule has 0 spiro atoms. The number of likely N-dealkylation sites (tertiary alicyclic amines) is 1. The second kappa shape index (κ2) is 11.7. The number of nitrogens with zero attached hydrogens (tertiary/aromatic N) is 3. The van der Waals surface area contributed by atoms with E-state index >= 15 is 4.39 Å². The number of aliphatic hydroxyl groups excluding tert-OH is 1. The van der Waals surface area contributed by atoms with E-state index in [2.05, 4.69) is 20.9 Å². The zero-order valence-corrected chi connectivity index (χ0v) is 21.0. The molecule has 1 saturated heterocycles. The summed E-state index contributed by atoms with van der Waals surface area (Å²) >= 11 is 8.20. The van der Waals surface area contributed by atoms with Gasteiger partial charge < -0.3 is 14.7 Å². The summed E-state index contributed by atoms with van der Waals surface area (Å²) in [5.41, 5.74) is 0.908. The molecule has 4 rings (SSSR count). The van der Waals surface area contributed by atoms with Crippen molar-refractivity contribution in [3.8, 4) is 5.75 Å². The van der Waals surface area contributed by atoms with Gasteiger partial charge in [-0.1, -0.05) is 11.6 Å². The fraction of sp³-hybridized carbons (Fsp3) is 0.462. The van der Waals surface area contributed by atoms with E-state index in [9.17, 15) is 5.11 Å². The summed E-state index contributed by atoms with van der Waals surface area (Å²) in [4.78, 5) is 12.1. The van der Waals surface area contributed by atoms with Crippen LogP contribution in [0.1, 0.15) is 37.4 Å². The Morgan fingerprint density at radius 2 is 2.09 bits per heavy atom. The highest BCUT2D eigenvalue weighted by molar-refractivity contribution is 7.99. The van der Waals surface area contributed by atoms with Gasteiger partial charge in [0.25, 0.3) is 0 Å². The van der Waals surface area contributed by atoms with E-state index < -0.39 is 6.17 Å². The van der Waals surface area contributed by atoms with Gasteiger partial charge in [0.1, 0.15) is 11.9 Å². The quantitative estimate of drug-likeness (QED) is 0.345. The normalized spacial score (nSPS) is 17.1. The van der Waals surface area contributed by atoms with Crippen molar-refractivity contribution >= 4 is 34.3 Å². The summed E-state index contributed by atoms with van der Waals surface area (Å²) in [5.74, 6) is 1.65. The van der Waals surface area contributed by atoms with E-state index in [-0.39, 0.29) is 12.0 Å². The van der Waals surface area contributed by atoms with Crippen molar-refractivity contribution in [2.75, 3.05) is 39.1 Å². The zero-order valence-electron chi connectivity index (χ0n) is 19.4. The highest BCUT2D eigenvalue weighted by atomic mass is 35.5. The van der Waals surface area contributed by atoms with Crippen molar-refractivity contribution in [1.82, 2.24) is 14.9 Å². The van der Waals surface area contributed by atoms with Crippen LogP contribution < -0.4 is 4.74 Å². The second-order valence-corrected chi connectivity index (χ2v) is 10.5. The van der Waals surface area contributed by atoms with Crippen LogP contribution >= 0.6 is 23.4 Å². The van der Waals surface area contributed by atoms with E-state index in [4.69, 9.17) is 16.3 Å². The third kappa shape index (κ3) is 6.00. The topological polar surface area (TPSA) is 58.5 Å². The number of benzene rings is 1. The first-order chi connectivity index (χ1) is 16.5. The molecule has 34 heavy (non-hydrogen) atoms. The minimum Gasteiger partial charge on any atom is -0.497 e. The van der Waals surface area contributed by atoms with Gasteiger partial charge >= 0.3 is 0 Å². The number of ether oxygens (including phenoxy) is 1. The first-order valence-corrected chi connectivity index (χ1v) is 13.0. The van der Waals surface area contributed by atoms with E-state index in [1.807, 2.05) is 24.4 Å². The Morgan fingerprint density at radius 3 is 2.79 bits per heavy atom. The molecule has 182 valence electrons. The number of thioether (sulfide) groups is 1. The maximum absolute atomic E-state index is 15.6. The van der Waals surface area contributed by atoms with Gasteiger partial charge in [0.2, 0.25) is 0 Å². The van der Waals surface area contributed by atoms with Crippen molar-refractivity contribution in [1.29, 1.82) is 0 Å². The number of rotatable bonds is 10. The number of hydrogen-bond acceptors (Lipinski definition) is 6. The summed E-state index contributed by atoms with van der Waals surface area (Å²) in [5, 5.41) is 11.2. The molecule has 3 heterocycles. The van der Waals surface area contributed by atoms with Crippen LogP contribution in [0.5, 0.6) is 5.75 Å². The van der Waals surface area contributed by atoms with Crippen LogP contribution in [0.4, 0.5) is 4.39 Å². The predicted octanol–water partition coefficient (Wildman–Crippen LogP) is 5.95. The van der Waals surface area contributed by atoms with Gasteiger partial charge in [-0.05, 0) is 74.5 Å². The fourth-order valence-electron chi connectivity index (χ4n) is 4.65. The Kier molecular flexibility index (Phi) is 8.64. The summed E-state index contributed by atoms with van der Waals surface area (Å²) in [6.07, 6.45) is 6.62. The van der Waals surface area contributed by atoms with Crippen molar-refractivity contribution < 1.29 is 14.2 Å². The smallest absolute Gasteiger partial charge is 0.127 e. The lowest BCUT2D eigenvalue weighted by molar-refractivity contribution is 0.0323. The van der Waals surface area contributed by atoms with Gasteiger partial charge in [0, 0.05) is 53.3 Å². The molecule has 1 atom stereocenters. The second-order valence-electron chi connectivity index (χ2n) is 8.95. The van der Waals surface area contributed by atoms with Gasteiger partial charge in [-0.25, -0.2) is 4.39 Å². The molecular weight excluding hydrogens is 473 g/mol. The average Bonchev–Trinajstić information content (AvgIpc) is 2.88. The van der Waals surface area contributed by atoms with Crippen LogP contribution in [0, 0.1) is 5.41 Å². The van der Waals surface area contributed by atoms with Gasteiger partial charge in [-0.2, -0.15) is 0 Å². The fourth-order valence-corrected chi connectivity index (χ4v) is 5.82. The molecular formula is C26H31ClFN3O2S. The van der Waals surface area contributed by atoms with E-state index in [1.165, 1.54) is 11.1 Å². The molecule has 1 fully saturated rings. The summed E-state index contributed by atoms with van der Waals surface area (Å²) < 4.78 is 20.9. The van der Waals surface area contributed by atoms with E-state index in [0.717, 1.165) is 38.2 Å². The van der Waals surface area contributed by atoms with Crippen LogP contribution in [0.3, 0.4) is 0 Å². The lowest BCUT2D eigenvalue weighted by Crippen LogP contribution is -2.42. The van der Waals surface area contributed by atoms with Gasteiger partial charge in [-0.3, -0.25) is 9.97 Å². The number of alkyl halides is 1. The summed E-state index contributed by atoms with van der Waals surface area (Å²) in [6, 6.07) is 9.45. The Labute approximate surface area is 209 Å². The Balaban J connectivity index is 1.34. The number of hydrogen-bond donors (Lipinski definition) is 1. The third-order valence-electron chi connectivity index (χ3n) is 6.87. The molecule has 3 aromatic rings. The molecule has 5 nitrogen and oxygen atoms in total. The molecule has 1 aromatic carbocycles. The molecule has 1 N–H and O–H groups in total. The number of halogens is 2. The lowest BCUT2D eigenvalue weighted by atomic mass is 9.74. The zero-order chi connectivity index (χ0) is 24.0. The third-order valence-corrected chi connectivity index (χ3v) is 8.14. The van der Waals surface area contributed by atoms with E-state index in [0.29, 0.717) is 40.1 Å². The van der Waals surface area contributed by atoms with Crippen LogP contribution in [0.15, 0.2) is 53.8 Å². The van der Waals surface area contributed by atoms with Gasteiger partial charge in [0.15, 0.2) is 0 Å². The minimum atomic E-state index is -1.23. The maximum atomic E-state index is 15.6. The maximum Gasteiger partial charge on any atom is 0.127 e. The Hall–Kier alpha value is -1.93. The van der Waals surface area contributed by atoms with Crippen molar-refractivity contribution in [3.63, 3.8) is 0 Å². The number of piperidine rings is 1. The largest absolute Gasteiger partial charge is 0.497 e. The Bertz CT molecular complexity index is 1080.